The number of rotatable bonds is 7. The maximum Gasteiger partial charge on any atom is 0.226 e. The topological polar surface area (TPSA) is 23.6 Å². The van der Waals surface area contributed by atoms with Gasteiger partial charge in [-0.1, -0.05) is 37.4 Å². The average Bonchev–Trinajstić information content (AvgIpc) is 2.71. The fraction of sp³-hybridized carbons (Fsp3) is 0.458. The van der Waals surface area contributed by atoms with E-state index in [1.807, 2.05) is 11.0 Å². The molecule has 2 aliphatic rings. The molecular weight excluding hydrogens is 351 g/mol. The summed E-state index contributed by atoms with van der Waals surface area (Å²) in [7, 11) is 0. The molecule has 3 nitrogen and oxygen atoms in total. The highest BCUT2D eigenvalue weighted by molar-refractivity contribution is 5.94. The van der Waals surface area contributed by atoms with Gasteiger partial charge in [0.1, 0.15) is 5.83 Å². The number of likely N-dealkylation sites (tertiary alicyclic amines) is 1. The first-order chi connectivity index (χ1) is 13.6. The molecule has 0 aromatic heterocycles. The van der Waals surface area contributed by atoms with E-state index in [9.17, 15) is 9.18 Å². The number of piperidine rings is 2. The summed E-state index contributed by atoms with van der Waals surface area (Å²) >= 11 is 0. The van der Waals surface area contributed by atoms with E-state index in [1.165, 1.54) is 11.6 Å². The maximum atomic E-state index is 13.2. The van der Waals surface area contributed by atoms with Crippen molar-refractivity contribution in [2.24, 2.45) is 5.92 Å². The van der Waals surface area contributed by atoms with E-state index < -0.39 is 5.83 Å². The second-order valence-electron chi connectivity index (χ2n) is 7.82. The van der Waals surface area contributed by atoms with Crippen LogP contribution in [-0.2, 0) is 11.2 Å². The highest BCUT2D eigenvalue weighted by atomic mass is 19.1. The summed E-state index contributed by atoms with van der Waals surface area (Å²) in [6.07, 6.45) is 9.06. The van der Waals surface area contributed by atoms with Crippen LogP contribution in [0.15, 0.2) is 61.0 Å². The molecule has 4 heteroatoms. The van der Waals surface area contributed by atoms with Crippen molar-refractivity contribution in [3.05, 3.63) is 66.5 Å². The largest absolute Gasteiger partial charge is 0.312 e. The molecule has 0 saturated carbocycles. The number of anilines is 1. The van der Waals surface area contributed by atoms with Crippen molar-refractivity contribution in [2.45, 2.75) is 38.5 Å². The zero-order valence-corrected chi connectivity index (χ0v) is 16.7. The number of benzene rings is 1. The molecule has 2 saturated heterocycles. The van der Waals surface area contributed by atoms with Gasteiger partial charge in [0.05, 0.1) is 0 Å². The van der Waals surface area contributed by atoms with Gasteiger partial charge in [-0.3, -0.25) is 4.79 Å². The molecule has 0 radical (unpaired) electrons. The summed E-state index contributed by atoms with van der Waals surface area (Å²) in [4.78, 5) is 16.8. The molecule has 1 atom stereocenters. The Labute approximate surface area is 168 Å². The minimum absolute atomic E-state index is 0.240. The Hall–Kier alpha value is -2.20. The summed E-state index contributed by atoms with van der Waals surface area (Å²) < 4.78 is 13.2. The summed E-state index contributed by atoms with van der Waals surface area (Å²) in [5.41, 5.74) is 3.24. The van der Waals surface area contributed by atoms with Gasteiger partial charge in [0.25, 0.3) is 0 Å². The van der Waals surface area contributed by atoms with Crippen LogP contribution in [0, 0.1) is 5.92 Å². The van der Waals surface area contributed by atoms with Gasteiger partial charge in [-0.05, 0) is 67.8 Å². The molecular formula is C24H31FN2O. The first kappa shape index (κ1) is 20.5. The third-order valence-corrected chi connectivity index (χ3v) is 5.84. The van der Waals surface area contributed by atoms with Gasteiger partial charge in [-0.2, -0.15) is 0 Å². The van der Waals surface area contributed by atoms with Crippen molar-refractivity contribution >= 4 is 11.6 Å². The van der Waals surface area contributed by atoms with Crippen LogP contribution in [-0.4, -0.2) is 37.0 Å². The monoisotopic (exact) mass is 382 g/mol. The number of nitrogens with zero attached hydrogens (tertiary/aromatic N) is 2. The van der Waals surface area contributed by atoms with Gasteiger partial charge < -0.3 is 9.80 Å². The van der Waals surface area contributed by atoms with Gasteiger partial charge in [-0.25, -0.2) is 4.39 Å². The van der Waals surface area contributed by atoms with E-state index >= 15 is 0 Å². The molecule has 2 aliphatic heterocycles. The molecule has 0 spiro atoms. The van der Waals surface area contributed by atoms with Crippen molar-refractivity contribution < 1.29 is 9.18 Å². The van der Waals surface area contributed by atoms with Crippen LogP contribution in [0.25, 0.3) is 0 Å². The predicted octanol–water partition coefficient (Wildman–Crippen LogP) is 5.05. The predicted molar refractivity (Wildman–Crippen MR) is 114 cm³/mol. The molecule has 150 valence electrons. The maximum absolute atomic E-state index is 13.2. The third kappa shape index (κ3) is 5.20. The Morgan fingerprint density at radius 2 is 2.04 bits per heavy atom. The fourth-order valence-electron chi connectivity index (χ4n) is 4.38. The van der Waals surface area contributed by atoms with E-state index in [-0.39, 0.29) is 5.91 Å². The van der Waals surface area contributed by atoms with Crippen molar-refractivity contribution in [1.29, 1.82) is 0 Å². The first-order valence-corrected chi connectivity index (χ1v) is 10.4. The van der Waals surface area contributed by atoms with Crippen molar-refractivity contribution in [1.82, 2.24) is 4.90 Å². The third-order valence-electron chi connectivity index (χ3n) is 5.84. The second kappa shape index (κ2) is 9.83. The van der Waals surface area contributed by atoms with E-state index in [2.05, 4.69) is 36.3 Å². The van der Waals surface area contributed by atoms with Gasteiger partial charge in [-0.15, -0.1) is 0 Å². The lowest BCUT2D eigenvalue weighted by Gasteiger charge is -2.34. The second-order valence-corrected chi connectivity index (χ2v) is 7.82. The lowest BCUT2D eigenvalue weighted by molar-refractivity contribution is -0.119. The number of hydrogen-bond donors (Lipinski definition) is 0. The molecule has 1 unspecified atom stereocenters. The van der Waals surface area contributed by atoms with Crippen molar-refractivity contribution in [3.63, 3.8) is 0 Å². The smallest absolute Gasteiger partial charge is 0.226 e. The van der Waals surface area contributed by atoms with Crippen molar-refractivity contribution in [2.75, 3.05) is 31.1 Å². The number of para-hydroxylation sites is 1. The van der Waals surface area contributed by atoms with Crippen LogP contribution in [0.3, 0.4) is 0 Å². The number of allylic oxidation sites excluding steroid dienone is 3. The molecule has 1 aromatic rings. The quantitative estimate of drug-likeness (QED) is 0.616. The zero-order valence-electron chi connectivity index (χ0n) is 16.7. The molecule has 0 N–H and O–H groups in total. The highest BCUT2D eigenvalue weighted by Gasteiger charge is 2.24. The number of hydrogen-bond acceptors (Lipinski definition) is 2. The molecule has 2 heterocycles. The Morgan fingerprint density at radius 1 is 1.21 bits per heavy atom. The van der Waals surface area contributed by atoms with Gasteiger partial charge in [0.2, 0.25) is 5.91 Å². The highest BCUT2D eigenvalue weighted by Crippen LogP contribution is 2.28. The molecule has 28 heavy (non-hydrogen) atoms. The lowest BCUT2D eigenvalue weighted by atomic mass is 9.89. The van der Waals surface area contributed by atoms with Crippen LogP contribution in [0.1, 0.15) is 37.7 Å². The van der Waals surface area contributed by atoms with Crippen LogP contribution in [0.5, 0.6) is 0 Å². The van der Waals surface area contributed by atoms with Crippen molar-refractivity contribution in [3.8, 4) is 0 Å². The van der Waals surface area contributed by atoms with E-state index in [1.54, 1.807) is 6.08 Å². The average molecular weight is 383 g/mol. The zero-order chi connectivity index (χ0) is 19.9. The lowest BCUT2D eigenvalue weighted by Crippen LogP contribution is -2.38. The molecule has 0 aliphatic carbocycles. The number of halogens is 1. The molecule has 1 aromatic carbocycles. The van der Waals surface area contributed by atoms with Gasteiger partial charge in [0, 0.05) is 31.7 Å². The molecule has 2 fully saturated rings. The Balaban J connectivity index is 1.65. The van der Waals surface area contributed by atoms with Crippen LogP contribution in [0.4, 0.5) is 10.1 Å². The number of amides is 1. The Bertz CT molecular complexity index is 755. The van der Waals surface area contributed by atoms with Gasteiger partial charge in [0.15, 0.2) is 0 Å². The summed E-state index contributed by atoms with van der Waals surface area (Å²) in [6.45, 7) is 10.9. The Morgan fingerprint density at radius 3 is 2.79 bits per heavy atom. The molecule has 1 amide bonds. The van der Waals surface area contributed by atoms with Crippen LogP contribution >= 0.6 is 0 Å². The molecule has 0 bridgehead atoms. The minimum atomic E-state index is -0.410. The summed E-state index contributed by atoms with van der Waals surface area (Å²) in [5.74, 6) is 0.133. The number of carbonyl (C=O) groups excluding carboxylic acids is 1. The van der Waals surface area contributed by atoms with Gasteiger partial charge >= 0.3 is 0 Å². The Kier molecular flexibility index (Phi) is 7.21. The summed E-state index contributed by atoms with van der Waals surface area (Å²) in [6, 6.07) is 8.28. The molecule has 3 rings (SSSR count). The normalized spacial score (nSPS) is 21.6. The number of carbonyl (C=O) groups is 1. The van der Waals surface area contributed by atoms with E-state index in [0.717, 1.165) is 69.5 Å². The summed E-state index contributed by atoms with van der Waals surface area (Å²) in [5, 5.41) is 0. The van der Waals surface area contributed by atoms with E-state index in [4.69, 9.17) is 0 Å². The van der Waals surface area contributed by atoms with E-state index in [0.29, 0.717) is 12.3 Å². The fourth-order valence-corrected chi connectivity index (χ4v) is 4.38. The van der Waals surface area contributed by atoms with Crippen LogP contribution < -0.4 is 4.90 Å². The SMILES string of the molecule is C=C/C(=C\C(=C)F)C1CCCN(CCc2ccccc2N2CCCCC2=O)C1. The standard InChI is InChI=1S/C24H31FN2O/c1-3-20(17-19(2)25)22-10-8-14-26(18-22)16-13-21-9-4-5-11-23(21)27-15-7-6-12-24(27)28/h3-5,9,11,17,22H,1-2,6-8,10,12-16,18H2/b20-17+. The first-order valence-electron chi connectivity index (χ1n) is 10.4. The van der Waals surface area contributed by atoms with Crippen LogP contribution in [0.2, 0.25) is 0 Å². The minimum Gasteiger partial charge on any atom is -0.312 e.